The molecular formula is C21H26N4O4S. The van der Waals surface area contributed by atoms with Gasteiger partial charge in [0.15, 0.2) is 0 Å². The predicted molar refractivity (Wildman–Crippen MR) is 114 cm³/mol. The molecule has 0 radical (unpaired) electrons. The van der Waals surface area contributed by atoms with Crippen LogP contribution in [0.4, 0.5) is 4.79 Å². The SMILES string of the molecule is COc1ccc(C2(C)NC(=O)N(CC(=O)NCC(c3ccsc3)N(C)C)C2=O)cc1. The lowest BCUT2D eigenvalue weighted by atomic mass is 9.92. The summed E-state index contributed by atoms with van der Waals surface area (Å²) in [4.78, 5) is 40.9. The summed E-state index contributed by atoms with van der Waals surface area (Å²) < 4.78 is 5.14. The maximum absolute atomic E-state index is 13.0. The highest BCUT2D eigenvalue weighted by Gasteiger charge is 2.49. The number of nitrogens with one attached hydrogen (secondary N) is 2. The number of thiophene rings is 1. The number of ether oxygens (including phenoxy) is 1. The van der Waals surface area contributed by atoms with E-state index in [0.717, 1.165) is 10.5 Å². The van der Waals surface area contributed by atoms with Crippen LogP contribution in [0.2, 0.25) is 0 Å². The molecule has 8 nitrogen and oxygen atoms in total. The summed E-state index contributed by atoms with van der Waals surface area (Å²) in [6, 6.07) is 8.33. The van der Waals surface area contributed by atoms with Gasteiger partial charge in [-0.05, 0) is 61.1 Å². The first-order chi connectivity index (χ1) is 14.3. The van der Waals surface area contributed by atoms with Gasteiger partial charge in [0, 0.05) is 6.54 Å². The van der Waals surface area contributed by atoms with Gasteiger partial charge < -0.3 is 20.3 Å². The zero-order valence-corrected chi connectivity index (χ0v) is 18.3. The number of carbonyl (C=O) groups is 3. The molecule has 1 saturated heterocycles. The summed E-state index contributed by atoms with van der Waals surface area (Å²) in [5.41, 5.74) is 0.494. The van der Waals surface area contributed by atoms with Crippen LogP contribution in [0.15, 0.2) is 41.1 Å². The first-order valence-electron chi connectivity index (χ1n) is 9.50. The van der Waals surface area contributed by atoms with Crippen LogP contribution in [0, 0.1) is 0 Å². The van der Waals surface area contributed by atoms with Gasteiger partial charge in [-0.3, -0.25) is 14.5 Å². The molecule has 1 aromatic heterocycles. The number of urea groups is 1. The summed E-state index contributed by atoms with van der Waals surface area (Å²) in [5.74, 6) is -0.203. The third kappa shape index (κ3) is 4.31. The van der Waals surface area contributed by atoms with Crippen molar-refractivity contribution in [2.75, 3.05) is 34.3 Å². The van der Waals surface area contributed by atoms with Crippen LogP contribution in [0.25, 0.3) is 0 Å². The Labute approximate surface area is 179 Å². The Morgan fingerprint density at radius 2 is 1.97 bits per heavy atom. The van der Waals surface area contributed by atoms with Gasteiger partial charge in [-0.15, -0.1) is 0 Å². The standard InChI is InChI=1S/C21H26N4O4S/c1-21(15-5-7-16(29-4)8-6-15)19(27)25(20(28)23-21)12-18(26)22-11-17(24(2)3)14-9-10-30-13-14/h5-10,13,17H,11-12H2,1-4H3,(H,22,26)(H,23,28). The van der Waals surface area contributed by atoms with Crippen molar-refractivity contribution in [1.82, 2.24) is 20.4 Å². The Bertz CT molecular complexity index is 914. The smallest absolute Gasteiger partial charge is 0.325 e. The van der Waals surface area contributed by atoms with Crippen molar-refractivity contribution >= 4 is 29.2 Å². The maximum atomic E-state index is 13.0. The normalized spacial score (nSPS) is 19.7. The van der Waals surface area contributed by atoms with Gasteiger partial charge in [-0.2, -0.15) is 11.3 Å². The number of rotatable bonds is 8. The number of hydrogen-bond acceptors (Lipinski definition) is 6. The minimum atomic E-state index is -1.23. The van der Waals surface area contributed by atoms with E-state index in [-0.39, 0.29) is 18.5 Å². The topological polar surface area (TPSA) is 91.0 Å². The lowest BCUT2D eigenvalue weighted by Gasteiger charge is -2.24. The van der Waals surface area contributed by atoms with E-state index in [1.165, 1.54) is 0 Å². The van der Waals surface area contributed by atoms with Gasteiger partial charge in [0.25, 0.3) is 5.91 Å². The van der Waals surface area contributed by atoms with E-state index in [2.05, 4.69) is 10.6 Å². The van der Waals surface area contributed by atoms with E-state index in [1.54, 1.807) is 49.6 Å². The second-order valence-electron chi connectivity index (χ2n) is 7.52. The molecule has 2 unspecified atom stereocenters. The molecule has 1 aliphatic heterocycles. The molecule has 4 amide bonds. The second-order valence-corrected chi connectivity index (χ2v) is 8.30. The summed E-state index contributed by atoms with van der Waals surface area (Å²) in [7, 11) is 5.43. The average molecular weight is 431 g/mol. The van der Waals surface area contributed by atoms with E-state index in [0.29, 0.717) is 17.9 Å². The Morgan fingerprint density at radius 3 is 2.53 bits per heavy atom. The number of imide groups is 1. The van der Waals surface area contributed by atoms with Gasteiger partial charge in [0.1, 0.15) is 17.8 Å². The fourth-order valence-electron chi connectivity index (χ4n) is 3.43. The van der Waals surface area contributed by atoms with Crippen LogP contribution in [0.5, 0.6) is 5.75 Å². The molecule has 2 heterocycles. The van der Waals surface area contributed by atoms with Gasteiger partial charge in [0.2, 0.25) is 5.91 Å². The highest BCUT2D eigenvalue weighted by Crippen LogP contribution is 2.30. The fraction of sp³-hybridized carbons (Fsp3) is 0.381. The molecule has 1 aromatic carbocycles. The minimum Gasteiger partial charge on any atom is -0.497 e. The minimum absolute atomic E-state index is 0.00729. The molecule has 2 atom stereocenters. The maximum Gasteiger partial charge on any atom is 0.325 e. The zero-order valence-electron chi connectivity index (χ0n) is 17.5. The van der Waals surface area contributed by atoms with Crippen molar-refractivity contribution in [2.24, 2.45) is 0 Å². The van der Waals surface area contributed by atoms with E-state index in [4.69, 9.17) is 4.74 Å². The van der Waals surface area contributed by atoms with Gasteiger partial charge >= 0.3 is 6.03 Å². The molecule has 160 valence electrons. The van der Waals surface area contributed by atoms with Crippen molar-refractivity contribution in [1.29, 1.82) is 0 Å². The zero-order chi connectivity index (χ0) is 21.9. The third-order valence-electron chi connectivity index (χ3n) is 5.29. The molecule has 9 heteroatoms. The number of amides is 4. The molecule has 1 aliphatic rings. The molecular weight excluding hydrogens is 404 g/mol. The Hall–Kier alpha value is -2.91. The van der Waals surface area contributed by atoms with Gasteiger partial charge in [-0.1, -0.05) is 12.1 Å². The third-order valence-corrected chi connectivity index (χ3v) is 5.99. The highest BCUT2D eigenvalue weighted by molar-refractivity contribution is 7.08. The van der Waals surface area contributed by atoms with Crippen LogP contribution >= 0.6 is 11.3 Å². The largest absolute Gasteiger partial charge is 0.497 e. The van der Waals surface area contributed by atoms with Crippen molar-refractivity contribution in [3.8, 4) is 5.75 Å². The average Bonchev–Trinajstić information content (AvgIpc) is 3.32. The van der Waals surface area contributed by atoms with Crippen LogP contribution in [0.1, 0.15) is 24.1 Å². The number of benzene rings is 1. The lowest BCUT2D eigenvalue weighted by Crippen LogP contribution is -2.44. The molecule has 2 aromatic rings. The van der Waals surface area contributed by atoms with Crippen molar-refractivity contribution in [3.63, 3.8) is 0 Å². The van der Waals surface area contributed by atoms with E-state index in [1.807, 2.05) is 35.8 Å². The van der Waals surface area contributed by atoms with E-state index in [9.17, 15) is 14.4 Å². The molecule has 1 fully saturated rings. The van der Waals surface area contributed by atoms with Crippen LogP contribution in [0.3, 0.4) is 0 Å². The Morgan fingerprint density at radius 1 is 1.27 bits per heavy atom. The summed E-state index contributed by atoms with van der Waals surface area (Å²) >= 11 is 1.59. The van der Waals surface area contributed by atoms with E-state index >= 15 is 0 Å². The summed E-state index contributed by atoms with van der Waals surface area (Å²) in [6.07, 6.45) is 0. The van der Waals surface area contributed by atoms with Crippen LogP contribution < -0.4 is 15.4 Å². The molecule has 0 aliphatic carbocycles. The number of methoxy groups -OCH3 is 1. The van der Waals surface area contributed by atoms with Gasteiger partial charge in [0.05, 0.1) is 13.2 Å². The summed E-state index contributed by atoms with van der Waals surface area (Å²) in [6.45, 7) is 1.67. The number of likely N-dealkylation sites (N-methyl/N-ethyl adjacent to an activating group) is 1. The van der Waals surface area contributed by atoms with E-state index < -0.39 is 17.5 Å². The van der Waals surface area contributed by atoms with Crippen molar-refractivity contribution < 1.29 is 19.1 Å². The number of carbonyl (C=O) groups excluding carboxylic acids is 3. The van der Waals surface area contributed by atoms with Crippen LogP contribution in [-0.4, -0.2) is 61.9 Å². The highest BCUT2D eigenvalue weighted by atomic mass is 32.1. The Balaban J connectivity index is 1.65. The molecule has 3 rings (SSSR count). The number of hydrogen-bond donors (Lipinski definition) is 2. The lowest BCUT2D eigenvalue weighted by molar-refractivity contribution is -0.134. The predicted octanol–water partition coefficient (Wildman–Crippen LogP) is 1.94. The molecule has 30 heavy (non-hydrogen) atoms. The van der Waals surface area contributed by atoms with Crippen molar-refractivity contribution in [3.05, 3.63) is 52.2 Å². The number of nitrogens with zero attached hydrogens (tertiary/aromatic N) is 2. The first kappa shape index (κ1) is 21.8. The molecule has 2 N–H and O–H groups in total. The summed E-state index contributed by atoms with van der Waals surface area (Å²) in [5, 5.41) is 9.56. The quantitative estimate of drug-likeness (QED) is 0.625. The Kier molecular flexibility index (Phi) is 6.42. The molecule has 0 spiro atoms. The van der Waals surface area contributed by atoms with Crippen LogP contribution in [-0.2, 0) is 15.1 Å². The fourth-order valence-corrected chi connectivity index (χ4v) is 4.14. The van der Waals surface area contributed by atoms with Gasteiger partial charge in [-0.25, -0.2) is 4.79 Å². The molecule has 0 saturated carbocycles. The first-order valence-corrected chi connectivity index (χ1v) is 10.4. The van der Waals surface area contributed by atoms with Crippen molar-refractivity contribution in [2.45, 2.75) is 18.5 Å². The second kappa shape index (κ2) is 8.85. The monoisotopic (exact) mass is 430 g/mol. The molecule has 0 bridgehead atoms.